The highest BCUT2D eigenvalue weighted by atomic mass is 19.1. The molecule has 0 radical (unpaired) electrons. The van der Waals surface area contributed by atoms with E-state index in [1.54, 1.807) is 6.07 Å². The number of aryl methyl sites for hydroxylation is 1. The topological polar surface area (TPSA) is 9.23 Å². The van der Waals surface area contributed by atoms with Crippen molar-refractivity contribution in [1.29, 1.82) is 0 Å². The summed E-state index contributed by atoms with van der Waals surface area (Å²) in [7, 11) is 0. The SMILES string of the molecule is Cc1ccc(F)cc1OCCC1CC1. The second-order valence-electron chi connectivity index (χ2n) is 3.99. The van der Waals surface area contributed by atoms with E-state index in [-0.39, 0.29) is 5.82 Å². The first-order valence-electron chi connectivity index (χ1n) is 5.14. The summed E-state index contributed by atoms with van der Waals surface area (Å²) in [6, 6.07) is 4.67. The van der Waals surface area contributed by atoms with Gasteiger partial charge in [0.15, 0.2) is 0 Å². The third-order valence-electron chi connectivity index (χ3n) is 2.63. The number of halogens is 1. The average Bonchev–Trinajstić information content (AvgIpc) is 2.95. The zero-order valence-corrected chi connectivity index (χ0v) is 8.42. The maximum Gasteiger partial charge on any atom is 0.126 e. The first-order valence-corrected chi connectivity index (χ1v) is 5.14. The summed E-state index contributed by atoms with van der Waals surface area (Å²) in [5.41, 5.74) is 1.00. The molecular weight excluding hydrogens is 179 g/mol. The van der Waals surface area contributed by atoms with E-state index in [0.29, 0.717) is 5.75 Å². The Kier molecular flexibility index (Phi) is 2.71. The first kappa shape index (κ1) is 9.50. The van der Waals surface area contributed by atoms with Crippen LogP contribution in [0.4, 0.5) is 4.39 Å². The van der Waals surface area contributed by atoms with Gasteiger partial charge in [0.2, 0.25) is 0 Å². The Morgan fingerprint density at radius 3 is 2.93 bits per heavy atom. The minimum Gasteiger partial charge on any atom is -0.493 e. The van der Waals surface area contributed by atoms with Crippen LogP contribution in [-0.2, 0) is 0 Å². The van der Waals surface area contributed by atoms with Crippen molar-refractivity contribution in [3.05, 3.63) is 29.6 Å². The van der Waals surface area contributed by atoms with Gasteiger partial charge in [-0.1, -0.05) is 18.9 Å². The molecule has 0 aliphatic heterocycles. The molecule has 1 aromatic rings. The Morgan fingerprint density at radius 1 is 1.43 bits per heavy atom. The molecule has 14 heavy (non-hydrogen) atoms. The minimum atomic E-state index is -0.225. The molecule has 2 heteroatoms. The van der Waals surface area contributed by atoms with Crippen LogP contribution in [0.25, 0.3) is 0 Å². The summed E-state index contributed by atoms with van der Waals surface area (Å²) >= 11 is 0. The smallest absolute Gasteiger partial charge is 0.126 e. The second kappa shape index (κ2) is 3.99. The third-order valence-corrected chi connectivity index (χ3v) is 2.63. The average molecular weight is 194 g/mol. The summed E-state index contributed by atoms with van der Waals surface area (Å²) < 4.78 is 18.4. The lowest BCUT2D eigenvalue weighted by Crippen LogP contribution is -1.99. The predicted octanol–water partition coefficient (Wildman–Crippen LogP) is 3.31. The first-order chi connectivity index (χ1) is 6.75. The summed E-state index contributed by atoms with van der Waals surface area (Å²) in [5, 5.41) is 0. The van der Waals surface area contributed by atoms with Gasteiger partial charge in [0, 0.05) is 6.07 Å². The van der Waals surface area contributed by atoms with Gasteiger partial charge in [-0.25, -0.2) is 4.39 Å². The normalized spacial score (nSPS) is 15.6. The molecule has 0 amide bonds. The molecule has 0 unspecified atom stereocenters. The summed E-state index contributed by atoms with van der Waals surface area (Å²) in [6.45, 7) is 2.65. The maximum absolute atomic E-state index is 12.9. The number of rotatable bonds is 4. The Hall–Kier alpha value is -1.05. The van der Waals surface area contributed by atoms with Crippen LogP contribution in [0.2, 0.25) is 0 Å². The zero-order valence-electron chi connectivity index (χ0n) is 8.42. The van der Waals surface area contributed by atoms with Gasteiger partial charge in [-0.15, -0.1) is 0 Å². The number of hydrogen-bond acceptors (Lipinski definition) is 1. The molecule has 1 aliphatic rings. The second-order valence-corrected chi connectivity index (χ2v) is 3.99. The van der Waals surface area contributed by atoms with Crippen molar-refractivity contribution in [1.82, 2.24) is 0 Å². The van der Waals surface area contributed by atoms with E-state index in [2.05, 4.69) is 0 Å². The summed E-state index contributed by atoms with van der Waals surface area (Å²) in [4.78, 5) is 0. The lowest BCUT2D eigenvalue weighted by Gasteiger charge is -2.08. The van der Waals surface area contributed by atoms with Crippen molar-refractivity contribution >= 4 is 0 Å². The highest BCUT2D eigenvalue weighted by molar-refractivity contribution is 5.32. The van der Waals surface area contributed by atoms with Gasteiger partial charge >= 0.3 is 0 Å². The van der Waals surface area contributed by atoms with Crippen LogP contribution in [0.5, 0.6) is 5.75 Å². The van der Waals surface area contributed by atoms with Crippen molar-refractivity contribution in [2.45, 2.75) is 26.2 Å². The van der Waals surface area contributed by atoms with E-state index in [0.717, 1.165) is 24.5 Å². The number of ether oxygens (including phenoxy) is 1. The van der Waals surface area contributed by atoms with E-state index < -0.39 is 0 Å². The molecule has 0 saturated heterocycles. The van der Waals surface area contributed by atoms with E-state index >= 15 is 0 Å². The van der Waals surface area contributed by atoms with E-state index in [9.17, 15) is 4.39 Å². The molecule has 1 saturated carbocycles. The van der Waals surface area contributed by atoms with E-state index in [4.69, 9.17) is 4.74 Å². The standard InChI is InChI=1S/C12H15FO/c1-9-2-5-11(13)8-12(9)14-7-6-10-3-4-10/h2,5,8,10H,3-4,6-7H2,1H3. The fourth-order valence-electron chi connectivity index (χ4n) is 1.47. The lowest BCUT2D eigenvalue weighted by atomic mass is 10.2. The Balaban J connectivity index is 1.89. The third kappa shape index (κ3) is 2.47. The quantitative estimate of drug-likeness (QED) is 0.714. The summed E-state index contributed by atoms with van der Waals surface area (Å²) in [5.74, 6) is 1.33. The molecule has 0 atom stereocenters. The molecule has 0 spiro atoms. The Labute approximate surface area is 83.9 Å². The predicted molar refractivity (Wildman–Crippen MR) is 54.0 cm³/mol. The molecule has 1 nitrogen and oxygen atoms in total. The fourth-order valence-corrected chi connectivity index (χ4v) is 1.47. The van der Waals surface area contributed by atoms with Gasteiger partial charge in [-0.3, -0.25) is 0 Å². The van der Waals surface area contributed by atoms with Crippen molar-refractivity contribution in [3.8, 4) is 5.75 Å². The molecule has 1 aromatic carbocycles. The zero-order chi connectivity index (χ0) is 9.97. The Bertz CT molecular complexity index is 318. The van der Waals surface area contributed by atoms with Crippen LogP contribution in [0, 0.1) is 18.7 Å². The van der Waals surface area contributed by atoms with Gasteiger partial charge < -0.3 is 4.74 Å². The Morgan fingerprint density at radius 2 is 2.21 bits per heavy atom. The minimum absolute atomic E-state index is 0.225. The van der Waals surface area contributed by atoms with Crippen LogP contribution in [0.15, 0.2) is 18.2 Å². The number of hydrogen-bond donors (Lipinski definition) is 0. The number of benzene rings is 1. The van der Waals surface area contributed by atoms with E-state index in [1.807, 2.05) is 6.92 Å². The molecule has 0 heterocycles. The van der Waals surface area contributed by atoms with Crippen molar-refractivity contribution in [2.24, 2.45) is 5.92 Å². The molecule has 0 N–H and O–H groups in total. The van der Waals surface area contributed by atoms with Crippen LogP contribution in [-0.4, -0.2) is 6.61 Å². The molecular formula is C12H15FO. The highest BCUT2D eigenvalue weighted by Gasteiger charge is 2.20. The van der Waals surface area contributed by atoms with Gasteiger partial charge in [-0.05, 0) is 30.9 Å². The van der Waals surface area contributed by atoms with Crippen molar-refractivity contribution in [3.63, 3.8) is 0 Å². The molecule has 76 valence electrons. The van der Waals surface area contributed by atoms with Gasteiger partial charge in [0.1, 0.15) is 11.6 Å². The van der Waals surface area contributed by atoms with E-state index in [1.165, 1.54) is 25.0 Å². The monoisotopic (exact) mass is 194 g/mol. The van der Waals surface area contributed by atoms with Crippen molar-refractivity contribution < 1.29 is 9.13 Å². The summed E-state index contributed by atoms with van der Waals surface area (Å²) in [6.07, 6.45) is 3.78. The maximum atomic E-state index is 12.9. The lowest BCUT2D eigenvalue weighted by molar-refractivity contribution is 0.299. The largest absolute Gasteiger partial charge is 0.493 e. The molecule has 2 rings (SSSR count). The molecule has 1 aliphatic carbocycles. The van der Waals surface area contributed by atoms with Gasteiger partial charge in [0.25, 0.3) is 0 Å². The highest BCUT2D eigenvalue weighted by Crippen LogP contribution is 2.32. The van der Waals surface area contributed by atoms with Crippen LogP contribution >= 0.6 is 0 Å². The van der Waals surface area contributed by atoms with Gasteiger partial charge in [-0.2, -0.15) is 0 Å². The van der Waals surface area contributed by atoms with Gasteiger partial charge in [0.05, 0.1) is 6.61 Å². The van der Waals surface area contributed by atoms with Crippen LogP contribution < -0.4 is 4.74 Å². The molecule has 1 fully saturated rings. The molecule has 0 aromatic heterocycles. The van der Waals surface area contributed by atoms with Crippen molar-refractivity contribution in [2.75, 3.05) is 6.61 Å². The molecule has 0 bridgehead atoms. The van der Waals surface area contributed by atoms with Crippen LogP contribution in [0.3, 0.4) is 0 Å². The van der Waals surface area contributed by atoms with Crippen LogP contribution in [0.1, 0.15) is 24.8 Å². The fraction of sp³-hybridized carbons (Fsp3) is 0.500.